The molecule has 7 heteroatoms. The van der Waals surface area contributed by atoms with Gasteiger partial charge in [-0.2, -0.15) is 0 Å². The molecule has 2 N–H and O–H groups in total. The highest BCUT2D eigenvalue weighted by atomic mass is 35.5. The number of amides is 1. The average Bonchev–Trinajstić information content (AvgIpc) is 3.10. The van der Waals surface area contributed by atoms with Gasteiger partial charge in [0.25, 0.3) is 0 Å². The summed E-state index contributed by atoms with van der Waals surface area (Å²) in [4.78, 5) is 13.4. The molecule has 0 saturated carbocycles. The maximum absolute atomic E-state index is 13.5. The summed E-state index contributed by atoms with van der Waals surface area (Å²) in [7, 11) is 0. The molecule has 0 bridgehead atoms. The normalized spacial score (nSPS) is 19.9. The van der Waals surface area contributed by atoms with Crippen molar-refractivity contribution in [2.24, 2.45) is 0 Å². The van der Waals surface area contributed by atoms with Gasteiger partial charge < -0.3 is 10.6 Å². The lowest BCUT2D eigenvalue weighted by atomic mass is 9.86. The van der Waals surface area contributed by atoms with Crippen LogP contribution in [-0.4, -0.2) is 25.0 Å². The molecule has 2 atom stereocenters. The molecule has 1 aliphatic heterocycles. The van der Waals surface area contributed by atoms with Crippen LogP contribution in [0.5, 0.6) is 0 Å². The number of thiophene rings is 1. The third-order valence-corrected chi connectivity index (χ3v) is 5.32. The van der Waals surface area contributed by atoms with Crippen LogP contribution in [0.15, 0.2) is 35.7 Å². The number of piperidine rings is 1. The van der Waals surface area contributed by atoms with Crippen LogP contribution in [-0.2, 0) is 11.2 Å². The second-order valence-electron chi connectivity index (χ2n) is 6.03. The topological polar surface area (TPSA) is 41.1 Å². The monoisotopic (exact) mass is 386 g/mol. The summed E-state index contributed by atoms with van der Waals surface area (Å²) in [6.45, 7) is 1.43. The predicted octanol–water partition coefficient (Wildman–Crippen LogP) is 3.64. The molecule has 1 aromatic carbocycles. The van der Waals surface area contributed by atoms with Gasteiger partial charge in [-0.3, -0.25) is 4.79 Å². The Morgan fingerprint density at radius 2 is 2.12 bits per heavy atom. The van der Waals surface area contributed by atoms with E-state index in [1.807, 2.05) is 17.5 Å². The summed E-state index contributed by atoms with van der Waals surface area (Å²) in [5.74, 6) is -1.70. The number of halogens is 3. The first-order chi connectivity index (χ1) is 11.6. The summed E-state index contributed by atoms with van der Waals surface area (Å²) in [6.07, 6.45) is 1.93. The molecular weight excluding hydrogens is 366 g/mol. The Balaban J connectivity index is 0.00000225. The van der Waals surface area contributed by atoms with E-state index in [4.69, 9.17) is 0 Å². The molecule has 0 aliphatic carbocycles. The number of carbonyl (C=O) groups is 1. The molecule has 136 valence electrons. The number of rotatable bonds is 5. The van der Waals surface area contributed by atoms with Gasteiger partial charge in [-0.05, 0) is 48.5 Å². The highest BCUT2D eigenvalue weighted by molar-refractivity contribution is 7.09. The van der Waals surface area contributed by atoms with Crippen LogP contribution < -0.4 is 10.6 Å². The zero-order valence-electron chi connectivity index (χ0n) is 13.6. The molecule has 3 rings (SSSR count). The Kier molecular flexibility index (Phi) is 7.35. The molecule has 2 unspecified atom stereocenters. The molecule has 0 spiro atoms. The lowest BCUT2D eigenvalue weighted by Gasteiger charge is -2.33. The third kappa shape index (κ3) is 5.23. The quantitative estimate of drug-likeness (QED) is 0.823. The maximum Gasteiger partial charge on any atom is 0.220 e. The number of aryl methyl sites for hydroxylation is 1. The van der Waals surface area contributed by atoms with Gasteiger partial charge in [-0.1, -0.05) is 12.1 Å². The second-order valence-corrected chi connectivity index (χ2v) is 7.06. The predicted molar refractivity (Wildman–Crippen MR) is 98.4 cm³/mol. The Hall–Kier alpha value is -1.50. The van der Waals surface area contributed by atoms with Gasteiger partial charge in [0.15, 0.2) is 11.6 Å². The van der Waals surface area contributed by atoms with Crippen LogP contribution in [0, 0.1) is 11.6 Å². The zero-order chi connectivity index (χ0) is 16.9. The minimum atomic E-state index is -0.843. The molecule has 1 saturated heterocycles. The highest BCUT2D eigenvalue weighted by Crippen LogP contribution is 2.27. The number of hydrogen-bond donors (Lipinski definition) is 2. The standard InChI is InChI=1S/C18H20F2N2OS.ClH/c19-15-5-3-12(10-16(15)20)14-7-8-21-11-17(14)22-18(23)6-4-13-2-1-9-24-13;/h1-3,5,9-10,14,17,21H,4,6-8,11H2,(H,22,23);1H. The van der Waals surface area contributed by atoms with Crippen LogP contribution in [0.3, 0.4) is 0 Å². The number of nitrogens with one attached hydrogen (secondary N) is 2. The van der Waals surface area contributed by atoms with Crippen LogP contribution in [0.1, 0.15) is 29.2 Å². The van der Waals surface area contributed by atoms with Crippen LogP contribution in [0.4, 0.5) is 8.78 Å². The van der Waals surface area contributed by atoms with Crippen molar-refractivity contribution in [1.29, 1.82) is 0 Å². The summed E-state index contributed by atoms with van der Waals surface area (Å²) in [5, 5.41) is 8.30. The van der Waals surface area contributed by atoms with Crippen LogP contribution in [0.25, 0.3) is 0 Å². The molecule has 0 radical (unpaired) electrons. The van der Waals surface area contributed by atoms with E-state index in [1.165, 1.54) is 10.9 Å². The molecule has 2 aromatic rings. The number of carbonyl (C=O) groups excluding carboxylic acids is 1. The zero-order valence-corrected chi connectivity index (χ0v) is 15.3. The smallest absolute Gasteiger partial charge is 0.220 e. The fourth-order valence-electron chi connectivity index (χ4n) is 3.12. The largest absolute Gasteiger partial charge is 0.351 e. The van der Waals surface area contributed by atoms with Gasteiger partial charge in [-0.15, -0.1) is 23.7 Å². The van der Waals surface area contributed by atoms with Gasteiger partial charge in [0, 0.05) is 29.8 Å². The van der Waals surface area contributed by atoms with E-state index in [-0.39, 0.29) is 30.3 Å². The molecule has 2 heterocycles. The van der Waals surface area contributed by atoms with Crippen molar-refractivity contribution >= 4 is 29.7 Å². The number of hydrogen-bond acceptors (Lipinski definition) is 3. The molecule has 1 aromatic heterocycles. The van der Waals surface area contributed by atoms with Crippen LogP contribution in [0.2, 0.25) is 0 Å². The van der Waals surface area contributed by atoms with Crippen molar-refractivity contribution in [2.75, 3.05) is 13.1 Å². The molecule has 1 amide bonds. The van der Waals surface area contributed by atoms with E-state index in [0.29, 0.717) is 13.0 Å². The summed E-state index contributed by atoms with van der Waals surface area (Å²) in [5.41, 5.74) is 0.735. The minimum absolute atomic E-state index is 0. The fraction of sp³-hybridized carbons (Fsp3) is 0.389. The average molecular weight is 387 g/mol. The first-order valence-corrected chi connectivity index (χ1v) is 8.99. The minimum Gasteiger partial charge on any atom is -0.351 e. The lowest BCUT2D eigenvalue weighted by Crippen LogP contribution is -2.50. The Morgan fingerprint density at radius 3 is 2.84 bits per heavy atom. The third-order valence-electron chi connectivity index (χ3n) is 4.38. The second kappa shape index (κ2) is 9.27. The Labute approximate surface area is 156 Å². The van der Waals surface area contributed by atoms with Gasteiger partial charge in [0.2, 0.25) is 5.91 Å². The van der Waals surface area contributed by atoms with Crippen molar-refractivity contribution in [2.45, 2.75) is 31.2 Å². The fourth-order valence-corrected chi connectivity index (χ4v) is 3.83. The van der Waals surface area contributed by atoms with Crippen molar-refractivity contribution in [1.82, 2.24) is 10.6 Å². The van der Waals surface area contributed by atoms with Gasteiger partial charge in [-0.25, -0.2) is 8.78 Å². The molecule has 1 fully saturated rings. The van der Waals surface area contributed by atoms with Crippen molar-refractivity contribution in [3.8, 4) is 0 Å². The first kappa shape index (κ1) is 19.8. The lowest BCUT2D eigenvalue weighted by molar-refractivity contribution is -0.122. The first-order valence-electron chi connectivity index (χ1n) is 8.11. The van der Waals surface area contributed by atoms with Crippen LogP contribution >= 0.6 is 23.7 Å². The molecule has 25 heavy (non-hydrogen) atoms. The van der Waals surface area contributed by atoms with E-state index in [2.05, 4.69) is 10.6 Å². The molecule has 3 nitrogen and oxygen atoms in total. The molecular formula is C18H21ClF2N2OS. The Bertz CT molecular complexity index is 696. The van der Waals surface area contributed by atoms with Gasteiger partial charge >= 0.3 is 0 Å². The van der Waals surface area contributed by atoms with E-state index in [1.54, 1.807) is 17.4 Å². The summed E-state index contributed by atoms with van der Waals surface area (Å²) in [6, 6.07) is 7.89. The highest BCUT2D eigenvalue weighted by Gasteiger charge is 2.28. The van der Waals surface area contributed by atoms with Gasteiger partial charge in [0.1, 0.15) is 0 Å². The SMILES string of the molecule is Cl.O=C(CCc1cccs1)NC1CNCCC1c1ccc(F)c(F)c1. The van der Waals surface area contributed by atoms with E-state index in [9.17, 15) is 13.6 Å². The Morgan fingerprint density at radius 1 is 1.28 bits per heavy atom. The van der Waals surface area contributed by atoms with Crippen molar-refractivity contribution in [3.05, 3.63) is 57.8 Å². The summed E-state index contributed by atoms with van der Waals surface area (Å²) < 4.78 is 26.7. The maximum atomic E-state index is 13.5. The van der Waals surface area contributed by atoms with Gasteiger partial charge in [0.05, 0.1) is 0 Å². The van der Waals surface area contributed by atoms with Crippen molar-refractivity contribution < 1.29 is 13.6 Å². The number of benzene rings is 1. The van der Waals surface area contributed by atoms with E-state index >= 15 is 0 Å². The van der Waals surface area contributed by atoms with Crippen molar-refractivity contribution in [3.63, 3.8) is 0 Å². The summed E-state index contributed by atoms with van der Waals surface area (Å²) >= 11 is 1.64. The van der Waals surface area contributed by atoms with E-state index < -0.39 is 11.6 Å². The van der Waals surface area contributed by atoms with E-state index in [0.717, 1.165) is 31.0 Å². The molecule has 1 aliphatic rings.